The first-order valence-corrected chi connectivity index (χ1v) is 7.15. The van der Waals surface area contributed by atoms with Gasteiger partial charge in [0, 0.05) is 6.42 Å². The molecular weight excluding hydrogens is 236 g/mol. The van der Waals surface area contributed by atoms with Gasteiger partial charge in [0.15, 0.2) is 9.84 Å². The lowest BCUT2D eigenvalue weighted by Crippen LogP contribution is -2.24. The van der Waals surface area contributed by atoms with Gasteiger partial charge in [-0.2, -0.15) is 0 Å². The van der Waals surface area contributed by atoms with Crippen molar-refractivity contribution in [3.63, 3.8) is 0 Å². The van der Waals surface area contributed by atoms with Crippen LogP contribution in [0.4, 0.5) is 0 Å². The molecule has 17 heavy (non-hydrogen) atoms. The van der Waals surface area contributed by atoms with Crippen LogP contribution in [-0.2, 0) is 14.6 Å². The van der Waals surface area contributed by atoms with Gasteiger partial charge in [-0.1, -0.05) is 31.5 Å². The number of sulfone groups is 1. The number of benzene rings is 1. The lowest BCUT2D eigenvalue weighted by Gasteiger charge is -2.21. The van der Waals surface area contributed by atoms with Crippen LogP contribution in [0.15, 0.2) is 29.2 Å². The zero-order chi connectivity index (χ0) is 13.1. The number of hydrogen-bond donors (Lipinski definition) is 0. The van der Waals surface area contributed by atoms with Gasteiger partial charge in [0.1, 0.15) is 6.29 Å². The van der Waals surface area contributed by atoms with Gasteiger partial charge in [0.05, 0.1) is 10.6 Å². The summed E-state index contributed by atoms with van der Waals surface area (Å²) in [6.45, 7) is 5.48. The van der Waals surface area contributed by atoms with E-state index in [1.54, 1.807) is 38.1 Å². The van der Waals surface area contributed by atoms with Crippen LogP contribution in [0.25, 0.3) is 0 Å². The highest BCUT2D eigenvalue weighted by atomic mass is 32.2. The fourth-order valence-corrected chi connectivity index (χ4v) is 3.49. The van der Waals surface area contributed by atoms with Crippen LogP contribution >= 0.6 is 0 Å². The number of rotatable bonds is 5. The Morgan fingerprint density at radius 1 is 1.18 bits per heavy atom. The molecule has 0 aliphatic heterocycles. The molecule has 0 saturated carbocycles. The van der Waals surface area contributed by atoms with E-state index >= 15 is 0 Å². The van der Waals surface area contributed by atoms with Crippen LogP contribution in [0.2, 0.25) is 0 Å². The Labute approximate surface area is 103 Å². The molecule has 0 aliphatic carbocycles. The number of aryl methyl sites for hydroxylation is 1. The Bertz CT molecular complexity index is 484. The van der Waals surface area contributed by atoms with E-state index in [1.807, 2.05) is 6.92 Å². The Morgan fingerprint density at radius 3 is 2.18 bits per heavy atom. The largest absolute Gasteiger partial charge is 0.303 e. The number of hydrogen-bond acceptors (Lipinski definition) is 3. The number of carbonyl (C=O) groups is 1. The molecule has 0 N–H and O–H groups in total. The Morgan fingerprint density at radius 2 is 1.71 bits per heavy atom. The highest BCUT2D eigenvalue weighted by molar-refractivity contribution is 7.91. The van der Waals surface area contributed by atoms with Crippen molar-refractivity contribution in [2.75, 3.05) is 5.75 Å². The molecule has 1 rings (SSSR count). The van der Waals surface area contributed by atoms with Gasteiger partial charge < -0.3 is 4.79 Å². The van der Waals surface area contributed by atoms with Gasteiger partial charge in [-0.15, -0.1) is 0 Å². The summed E-state index contributed by atoms with van der Waals surface area (Å²) in [6.07, 6.45) is 1.02. The van der Waals surface area contributed by atoms with Gasteiger partial charge in [-0.25, -0.2) is 8.42 Å². The van der Waals surface area contributed by atoms with Crippen molar-refractivity contribution >= 4 is 16.1 Å². The first kappa shape index (κ1) is 13.9. The SMILES string of the molecule is Cc1ccc(S(=O)(=O)CC(C)(C)CC=O)cc1. The molecule has 0 fully saturated rings. The van der Waals surface area contributed by atoms with E-state index in [0.29, 0.717) is 4.90 Å². The van der Waals surface area contributed by atoms with Gasteiger partial charge in [-0.3, -0.25) is 0 Å². The molecule has 0 amide bonds. The highest BCUT2D eigenvalue weighted by Gasteiger charge is 2.27. The van der Waals surface area contributed by atoms with Crippen molar-refractivity contribution < 1.29 is 13.2 Å². The van der Waals surface area contributed by atoms with Crippen LogP contribution in [0.1, 0.15) is 25.8 Å². The molecule has 0 saturated heterocycles. The maximum atomic E-state index is 12.1. The summed E-state index contributed by atoms with van der Waals surface area (Å²) in [5, 5.41) is 0. The quantitative estimate of drug-likeness (QED) is 0.758. The minimum Gasteiger partial charge on any atom is -0.303 e. The fourth-order valence-electron chi connectivity index (χ4n) is 1.63. The van der Waals surface area contributed by atoms with E-state index in [4.69, 9.17) is 0 Å². The maximum Gasteiger partial charge on any atom is 0.178 e. The number of carbonyl (C=O) groups excluding carboxylic acids is 1. The summed E-state index contributed by atoms with van der Waals surface area (Å²) in [4.78, 5) is 10.8. The lowest BCUT2D eigenvalue weighted by molar-refractivity contribution is -0.109. The van der Waals surface area contributed by atoms with E-state index < -0.39 is 15.3 Å². The summed E-state index contributed by atoms with van der Waals surface area (Å²) in [5.41, 5.74) is 0.502. The van der Waals surface area contributed by atoms with Crippen LogP contribution in [0.5, 0.6) is 0 Å². The third-order valence-corrected chi connectivity index (χ3v) is 4.75. The molecule has 0 aliphatic rings. The molecule has 0 bridgehead atoms. The minimum atomic E-state index is -3.32. The van der Waals surface area contributed by atoms with Gasteiger partial charge >= 0.3 is 0 Å². The van der Waals surface area contributed by atoms with Crippen LogP contribution in [0.3, 0.4) is 0 Å². The van der Waals surface area contributed by atoms with Crippen molar-refractivity contribution in [1.82, 2.24) is 0 Å². The van der Waals surface area contributed by atoms with Crippen molar-refractivity contribution in [1.29, 1.82) is 0 Å². The summed E-state index contributed by atoms with van der Waals surface area (Å²) in [6, 6.07) is 6.78. The van der Waals surface area contributed by atoms with E-state index in [2.05, 4.69) is 0 Å². The average molecular weight is 254 g/mol. The van der Waals surface area contributed by atoms with Crippen molar-refractivity contribution in [2.45, 2.75) is 32.1 Å². The van der Waals surface area contributed by atoms with Gasteiger partial charge in [-0.05, 0) is 24.5 Å². The smallest absolute Gasteiger partial charge is 0.178 e. The zero-order valence-electron chi connectivity index (χ0n) is 10.4. The van der Waals surface area contributed by atoms with E-state index in [0.717, 1.165) is 11.8 Å². The molecule has 0 aromatic heterocycles. The molecule has 94 valence electrons. The summed E-state index contributed by atoms with van der Waals surface area (Å²) >= 11 is 0. The third-order valence-electron chi connectivity index (χ3n) is 2.60. The molecule has 1 aromatic carbocycles. The lowest BCUT2D eigenvalue weighted by atomic mass is 9.93. The molecule has 3 nitrogen and oxygen atoms in total. The standard InChI is InChI=1S/C13H18O3S/c1-11-4-6-12(7-5-11)17(15,16)10-13(2,3)8-9-14/h4-7,9H,8,10H2,1-3H3. The monoisotopic (exact) mass is 254 g/mol. The van der Waals surface area contributed by atoms with E-state index in [9.17, 15) is 13.2 Å². The van der Waals surface area contributed by atoms with Crippen LogP contribution in [0, 0.1) is 12.3 Å². The minimum absolute atomic E-state index is 0.0121. The van der Waals surface area contributed by atoms with E-state index in [1.165, 1.54) is 0 Å². The molecule has 4 heteroatoms. The highest BCUT2D eigenvalue weighted by Crippen LogP contribution is 2.25. The predicted molar refractivity (Wildman–Crippen MR) is 67.7 cm³/mol. The molecule has 0 atom stereocenters. The predicted octanol–water partition coefficient (Wildman–Crippen LogP) is 2.38. The summed E-state index contributed by atoms with van der Waals surface area (Å²) in [5.74, 6) is -0.0121. The Hall–Kier alpha value is -1.16. The third kappa shape index (κ3) is 3.97. The summed E-state index contributed by atoms with van der Waals surface area (Å²) in [7, 11) is -3.32. The molecule has 0 heterocycles. The molecule has 0 spiro atoms. The molecule has 1 aromatic rings. The van der Waals surface area contributed by atoms with Gasteiger partial charge in [0.25, 0.3) is 0 Å². The first-order valence-electron chi connectivity index (χ1n) is 5.50. The van der Waals surface area contributed by atoms with Crippen molar-refractivity contribution in [3.8, 4) is 0 Å². The second kappa shape index (κ2) is 5.00. The topological polar surface area (TPSA) is 51.2 Å². The molecule has 0 radical (unpaired) electrons. The maximum absolute atomic E-state index is 12.1. The Kier molecular flexibility index (Phi) is 4.09. The van der Waals surface area contributed by atoms with Crippen LogP contribution in [-0.4, -0.2) is 20.5 Å². The summed E-state index contributed by atoms with van der Waals surface area (Å²) < 4.78 is 24.2. The second-order valence-electron chi connectivity index (χ2n) is 5.11. The van der Waals surface area contributed by atoms with Crippen molar-refractivity contribution in [3.05, 3.63) is 29.8 Å². The molecular formula is C13H18O3S. The van der Waals surface area contributed by atoms with E-state index in [-0.39, 0.29) is 12.2 Å². The average Bonchev–Trinajstić information content (AvgIpc) is 2.16. The van der Waals surface area contributed by atoms with Crippen molar-refractivity contribution in [2.24, 2.45) is 5.41 Å². The Balaban J connectivity index is 2.96. The fraction of sp³-hybridized carbons (Fsp3) is 0.462. The second-order valence-corrected chi connectivity index (χ2v) is 7.10. The number of aldehydes is 1. The first-order chi connectivity index (χ1) is 7.77. The normalized spacial score (nSPS) is 12.4. The van der Waals surface area contributed by atoms with Gasteiger partial charge in [0.2, 0.25) is 0 Å². The van der Waals surface area contributed by atoms with Crippen LogP contribution < -0.4 is 0 Å². The molecule has 0 unspecified atom stereocenters. The zero-order valence-corrected chi connectivity index (χ0v) is 11.3.